The van der Waals surface area contributed by atoms with Crippen LogP contribution in [0.3, 0.4) is 0 Å². The Hall–Kier alpha value is -0.660. The van der Waals surface area contributed by atoms with E-state index in [0.29, 0.717) is 12.5 Å². The van der Waals surface area contributed by atoms with Gasteiger partial charge in [-0.3, -0.25) is 4.90 Å². The lowest BCUT2D eigenvalue weighted by atomic mass is 9.87. The molecule has 5 nitrogen and oxygen atoms in total. The Labute approximate surface area is 127 Å². The smallest absolute Gasteiger partial charge is 0.163 e. The molecule has 0 radical (unpaired) electrons. The summed E-state index contributed by atoms with van der Waals surface area (Å²) in [6, 6.07) is 0. The summed E-state index contributed by atoms with van der Waals surface area (Å²) < 4.78 is 5.18. The number of thioether (sulfide) groups is 1. The number of hydrogen-bond acceptors (Lipinski definition) is 7. The van der Waals surface area contributed by atoms with E-state index in [1.165, 1.54) is 47.4 Å². The van der Waals surface area contributed by atoms with E-state index in [1.54, 1.807) is 0 Å². The minimum Gasteiger partial charge on any atom is -0.389 e. The zero-order valence-corrected chi connectivity index (χ0v) is 13.4. The maximum absolute atomic E-state index is 5.54. The van der Waals surface area contributed by atoms with Crippen molar-refractivity contribution in [1.29, 1.82) is 0 Å². The van der Waals surface area contributed by atoms with Gasteiger partial charge in [-0.05, 0) is 49.6 Å². The van der Waals surface area contributed by atoms with Crippen LogP contribution >= 0.6 is 23.3 Å². The molecule has 110 valence electrons. The van der Waals surface area contributed by atoms with Crippen molar-refractivity contribution >= 4 is 29.0 Å². The molecule has 0 aromatic carbocycles. The minimum absolute atomic E-state index is 0.443. The van der Waals surface area contributed by atoms with Gasteiger partial charge in [0, 0.05) is 12.5 Å². The molecule has 0 atom stereocenters. The first kappa shape index (κ1) is 14.3. The number of piperidine rings is 3. The number of rotatable bonds is 6. The summed E-state index contributed by atoms with van der Waals surface area (Å²) in [5.41, 5.74) is 2.15. The van der Waals surface area contributed by atoms with Gasteiger partial charge in [0.25, 0.3) is 0 Å². The molecule has 4 heterocycles. The molecule has 0 N–H and O–H groups in total. The van der Waals surface area contributed by atoms with Crippen molar-refractivity contribution in [3.8, 4) is 0 Å². The highest BCUT2D eigenvalue weighted by Gasteiger charge is 2.31. The van der Waals surface area contributed by atoms with Gasteiger partial charge in [0.2, 0.25) is 0 Å². The van der Waals surface area contributed by atoms with E-state index in [1.807, 2.05) is 11.8 Å². The predicted octanol–water partition coefficient (Wildman–Crippen LogP) is 2.64. The molecule has 20 heavy (non-hydrogen) atoms. The lowest BCUT2D eigenvalue weighted by Gasteiger charge is -2.39. The maximum Gasteiger partial charge on any atom is 0.163 e. The molecule has 3 saturated heterocycles. The first-order valence-electron chi connectivity index (χ1n) is 7.22. The molecule has 7 heteroatoms. The first-order chi connectivity index (χ1) is 9.86. The number of hydrogen-bond donors (Lipinski definition) is 0. The van der Waals surface area contributed by atoms with Crippen molar-refractivity contribution in [2.75, 3.05) is 25.4 Å². The van der Waals surface area contributed by atoms with Crippen LogP contribution in [-0.2, 0) is 11.4 Å². The number of aromatic nitrogens is 2. The summed E-state index contributed by atoms with van der Waals surface area (Å²) in [6.07, 6.45) is 3.62. The van der Waals surface area contributed by atoms with E-state index in [2.05, 4.69) is 26.6 Å². The standard InChI is InChI=1S/C13H20N4OS2/c1-2-7-19-13-12(14-16-20-13)9-18-15-11-8-17-5-3-10(11)4-6-17/h10H,2-9H2,1H3/b15-11+. The molecule has 0 aliphatic carbocycles. The second-order valence-corrected chi connectivity index (χ2v) is 7.38. The van der Waals surface area contributed by atoms with E-state index >= 15 is 0 Å². The van der Waals surface area contributed by atoms with Gasteiger partial charge in [0.1, 0.15) is 9.90 Å². The molecular weight excluding hydrogens is 292 g/mol. The molecule has 0 saturated carbocycles. The lowest BCUT2D eigenvalue weighted by molar-refractivity contribution is 0.114. The highest BCUT2D eigenvalue weighted by atomic mass is 32.2. The molecule has 3 aliphatic rings. The molecule has 3 fully saturated rings. The highest BCUT2D eigenvalue weighted by molar-refractivity contribution is 8.01. The van der Waals surface area contributed by atoms with Crippen LogP contribution in [0.15, 0.2) is 9.36 Å². The van der Waals surface area contributed by atoms with E-state index in [4.69, 9.17) is 4.84 Å². The van der Waals surface area contributed by atoms with Crippen LogP contribution in [0.5, 0.6) is 0 Å². The lowest BCUT2D eigenvalue weighted by Crippen LogP contribution is -2.47. The summed E-state index contributed by atoms with van der Waals surface area (Å²) in [5.74, 6) is 1.74. The Balaban J connectivity index is 1.53. The molecule has 0 amide bonds. The van der Waals surface area contributed by atoms with Crippen molar-refractivity contribution in [3.63, 3.8) is 0 Å². The van der Waals surface area contributed by atoms with E-state index < -0.39 is 0 Å². The molecule has 4 rings (SSSR count). The maximum atomic E-state index is 5.54. The number of oxime groups is 1. The van der Waals surface area contributed by atoms with Crippen molar-refractivity contribution in [2.45, 2.75) is 37.0 Å². The van der Waals surface area contributed by atoms with Crippen molar-refractivity contribution in [1.82, 2.24) is 14.5 Å². The van der Waals surface area contributed by atoms with Crippen LogP contribution in [-0.4, -0.2) is 45.6 Å². The van der Waals surface area contributed by atoms with Crippen LogP contribution in [0.25, 0.3) is 0 Å². The van der Waals surface area contributed by atoms with E-state index in [-0.39, 0.29) is 0 Å². The normalized spacial score (nSPS) is 27.1. The third kappa shape index (κ3) is 3.32. The van der Waals surface area contributed by atoms with Gasteiger partial charge in [0.15, 0.2) is 6.61 Å². The second kappa shape index (κ2) is 6.87. The molecule has 1 aromatic heterocycles. The van der Waals surface area contributed by atoms with Crippen molar-refractivity contribution in [2.24, 2.45) is 11.1 Å². The third-order valence-electron chi connectivity index (χ3n) is 3.79. The van der Waals surface area contributed by atoms with E-state index in [0.717, 1.165) is 24.4 Å². The summed E-state index contributed by atoms with van der Waals surface area (Å²) in [6.45, 7) is 6.04. The highest BCUT2D eigenvalue weighted by Crippen LogP contribution is 2.27. The molecule has 1 aromatic rings. The molecular formula is C13H20N4OS2. The first-order valence-corrected chi connectivity index (χ1v) is 8.98. The fraction of sp³-hybridized carbons (Fsp3) is 0.769. The fourth-order valence-electron chi connectivity index (χ4n) is 2.65. The molecule has 3 aliphatic heterocycles. The zero-order chi connectivity index (χ0) is 13.8. The van der Waals surface area contributed by atoms with Crippen LogP contribution < -0.4 is 0 Å². The Bertz CT molecular complexity index is 469. The van der Waals surface area contributed by atoms with Crippen LogP contribution in [0.1, 0.15) is 31.9 Å². The van der Waals surface area contributed by atoms with Gasteiger partial charge in [-0.25, -0.2) is 0 Å². The largest absolute Gasteiger partial charge is 0.389 e. The Morgan fingerprint density at radius 3 is 3.00 bits per heavy atom. The second-order valence-electron chi connectivity index (χ2n) is 5.26. The molecule has 0 spiro atoms. The van der Waals surface area contributed by atoms with Crippen molar-refractivity contribution < 1.29 is 4.84 Å². The van der Waals surface area contributed by atoms with Gasteiger partial charge < -0.3 is 4.84 Å². The van der Waals surface area contributed by atoms with Crippen LogP contribution in [0, 0.1) is 5.92 Å². The number of nitrogens with zero attached hydrogens (tertiary/aromatic N) is 4. The van der Waals surface area contributed by atoms with Gasteiger partial charge in [-0.15, -0.1) is 16.9 Å². The van der Waals surface area contributed by atoms with Crippen LogP contribution in [0.4, 0.5) is 0 Å². The zero-order valence-electron chi connectivity index (χ0n) is 11.7. The van der Waals surface area contributed by atoms with Gasteiger partial charge in [-0.2, -0.15) is 0 Å². The number of fused-ring (bicyclic) bond motifs is 3. The topological polar surface area (TPSA) is 50.6 Å². The van der Waals surface area contributed by atoms with Crippen LogP contribution in [0.2, 0.25) is 0 Å². The molecule has 0 unspecified atom stereocenters. The Morgan fingerprint density at radius 2 is 2.30 bits per heavy atom. The fourth-order valence-corrected chi connectivity index (χ4v) is 4.29. The van der Waals surface area contributed by atoms with Crippen molar-refractivity contribution in [3.05, 3.63) is 5.69 Å². The average molecular weight is 312 g/mol. The summed E-state index contributed by atoms with van der Waals surface area (Å²) in [7, 11) is 0. The Kier molecular flexibility index (Phi) is 4.90. The minimum atomic E-state index is 0.443. The average Bonchev–Trinajstić information content (AvgIpc) is 2.94. The predicted molar refractivity (Wildman–Crippen MR) is 82.3 cm³/mol. The van der Waals surface area contributed by atoms with Gasteiger partial charge >= 0.3 is 0 Å². The monoisotopic (exact) mass is 312 g/mol. The summed E-state index contributed by atoms with van der Waals surface area (Å²) >= 11 is 3.26. The third-order valence-corrected chi connectivity index (χ3v) is 6.04. The molecule has 2 bridgehead atoms. The Morgan fingerprint density at radius 1 is 1.45 bits per heavy atom. The summed E-state index contributed by atoms with van der Waals surface area (Å²) in [5, 5.41) is 8.51. The van der Waals surface area contributed by atoms with Gasteiger partial charge in [0.05, 0.1) is 5.71 Å². The summed E-state index contributed by atoms with van der Waals surface area (Å²) in [4.78, 5) is 8.00. The van der Waals surface area contributed by atoms with E-state index in [9.17, 15) is 0 Å². The quantitative estimate of drug-likeness (QED) is 0.597. The SMILES string of the molecule is CCCSc1snnc1CO/N=C1\CN2CCC1CC2. The van der Waals surface area contributed by atoms with Gasteiger partial charge in [-0.1, -0.05) is 16.6 Å².